The maximum atomic E-state index is 12.7. The second-order valence-corrected chi connectivity index (χ2v) is 8.69. The van der Waals surface area contributed by atoms with Gasteiger partial charge in [-0.3, -0.25) is 4.79 Å². The van der Waals surface area contributed by atoms with Crippen LogP contribution >= 0.6 is 12.4 Å². The summed E-state index contributed by atoms with van der Waals surface area (Å²) < 4.78 is 21.8. The van der Waals surface area contributed by atoms with Gasteiger partial charge in [0, 0.05) is 24.6 Å². The Bertz CT molecular complexity index is 932. The van der Waals surface area contributed by atoms with Gasteiger partial charge >= 0.3 is 0 Å². The summed E-state index contributed by atoms with van der Waals surface area (Å²) >= 11 is 0. The molecule has 0 amide bonds. The molecule has 0 radical (unpaired) electrons. The Morgan fingerprint density at radius 1 is 0.943 bits per heavy atom. The Kier molecular flexibility index (Phi) is 12.2. The lowest BCUT2D eigenvalue weighted by atomic mass is 9.95. The molecule has 0 aliphatic heterocycles. The molecule has 7 nitrogen and oxygen atoms in total. The summed E-state index contributed by atoms with van der Waals surface area (Å²) in [6.07, 6.45) is 6.44. The van der Waals surface area contributed by atoms with Crippen molar-refractivity contribution >= 4 is 18.2 Å². The van der Waals surface area contributed by atoms with Crippen LogP contribution in [-0.2, 0) is 6.42 Å². The third-order valence-corrected chi connectivity index (χ3v) is 6.25. The molecular weight excluding hydrogens is 470 g/mol. The van der Waals surface area contributed by atoms with Crippen molar-refractivity contribution in [2.75, 3.05) is 34.5 Å². The molecule has 2 N–H and O–H groups in total. The number of nitrogens with one attached hydrogen (secondary N) is 1. The number of benzene rings is 2. The van der Waals surface area contributed by atoms with E-state index in [1.807, 2.05) is 18.2 Å². The number of halogens is 1. The van der Waals surface area contributed by atoms with Crippen LogP contribution in [0.5, 0.6) is 23.0 Å². The standard InChI is InChI=1S/C27H37NO6.ClH/c1-31-24-14-11-20(16-26(24)33-3)23(30)12-9-19-10-13-25(32-2)27(15-19)34-18-22(29)17-28-21-7-5-4-6-8-21;/h10-11,13-16,21-22,28-29H,4-9,12,17-18H2,1-3H3;1H. The number of hydrogen-bond acceptors (Lipinski definition) is 7. The number of carbonyl (C=O) groups is 1. The predicted octanol–water partition coefficient (Wildman–Crippen LogP) is 4.61. The summed E-state index contributed by atoms with van der Waals surface area (Å²) in [5, 5.41) is 13.8. The number of hydrogen-bond donors (Lipinski definition) is 2. The fourth-order valence-electron chi connectivity index (χ4n) is 4.26. The van der Waals surface area contributed by atoms with Gasteiger partial charge in [-0.1, -0.05) is 25.3 Å². The van der Waals surface area contributed by atoms with Gasteiger partial charge in [0.1, 0.15) is 12.7 Å². The molecule has 35 heavy (non-hydrogen) atoms. The molecule has 1 saturated carbocycles. The highest BCUT2D eigenvalue weighted by Gasteiger charge is 2.16. The minimum absolute atomic E-state index is 0. The van der Waals surface area contributed by atoms with Gasteiger partial charge in [-0.25, -0.2) is 0 Å². The van der Waals surface area contributed by atoms with Crippen molar-refractivity contribution in [1.29, 1.82) is 0 Å². The second kappa shape index (κ2) is 14.8. The van der Waals surface area contributed by atoms with E-state index in [0.29, 0.717) is 54.0 Å². The summed E-state index contributed by atoms with van der Waals surface area (Å²) in [7, 11) is 4.70. The van der Waals surface area contributed by atoms with Crippen molar-refractivity contribution in [3.63, 3.8) is 0 Å². The van der Waals surface area contributed by atoms with Gasteiger partial charge in [0.05, 0.1) is 21.3 Å². The Labute approximate surface area is 214 Å². The molecule has 8 heteroatoms. The van der Waals surface area contributed by atoms with Crippen LogP contribution in [0.2, 0.25) is 0 Å². The zero-order chi connectivity index (χ0) is 24.3. The minimum Gasteiger partial charge on any atom is -0.493 e. The van der Waals surface area contributed by atoms with Crippen molar-refractivity contribution in [2.24, 2.45) is 0 Å². The molecule has 1 fully saturated rings. The van der Waals surface area contributed by atoms with Crippen molar-refractivity contribution < 1.29 is 28.8 Å². The van der Waals surface area contributed by atoms with E-state index in [1.54, 1.807) is 39.5 Å². The van der Waals surface area contributed by atoms with Crippen LogP contribution < -0.4 is 24.3 Å². The highest BCUT2D eigenvalue weighted by atomic mass is 35.5. The van der Waals surface area contributed by atoms with Crippen LogP contribution in [0.25, 0.3) is 0 Å². The Balaban J connectivity index is 0.00000432. The maximum Gasteiger partial charge on any atom is 0.163 e. The smallest absolute Gasteiger partial charge is 0.163 e. The van der Waals surface area contributed by atoms with Crippen molar-refractivity contribution in [3.05, 3.63) is 47.5 Å². The third-order valence-electron chi connectivity index (χ3n) is 6.25. The average Bonchev–Trinajstić information content (AvgIpc) is 2.89. The van der Waals surface area contributed by atoms with E-state index in [9.17, 15) is 9.90 Å². The first-order valence-corrected chi connectivity index (χ1v) is 12.0. The van der Waals surface area contributed by atoms with Gasteiger partial charge in [0.25, 0.3) is 0 Å². The average molecular weight is 508 g/mol. The number of ether oxygens (including phenoxy) is 4. The molecule has 2 aromatic rings. The number of aliphatic hydroxyl groups is 1. The highest BCUT2D eigenvalue weighted by molar-refractivity contribution is 5.96. The Morgan fingerprint density at radius 2 is 1.60 bits per heavy atom. The second-order valence-electron chi connectivity index (χ2n) is 8.69. The van der Waals surface area contributed by atoms with E-state index >= 15 is 0 Å². The molecule has 0 bridgehead atoms. The zero-order valence-corrected chi connectivity index (χ0v) is 21.7. The van der Waals surface area contributed by atoms with Crippen LogP contribution in [0.15, 0.2) is 36.4 Å². The summed E-state index contributed by atoms with van der Waals surface area (Å²) in [4.78, 5) is 12.7. The first kappa shape index (κ1) is 28.8. The summed E-state index contributed by atoms with van der Waals surface area (Å²) in [5.74, 6) is 2.30. The van der Waals surface area contributed by atoms with Gasteiger partial charge in [-0.2, -0.15) is 0 Å². The monoisotopic (exact) mass is 507 g/mol. The van der Waals surface area contributed by atoms with Crippen molar-refractivity contribution in [1.82, 2.24) is 5.32 Å². The molecule has 1 aliphatic carbocycles. The van der Waals surface area contributed by atoms with Crippen LogP contribution in [0.3, 0.4) is 0 Å². The first-order valence-electron chi connectivity index (χ1n) is 12.0. The number of ketones is 1. The van der Waals surface area contributed by atoms with Crippen molar-refractivity contribution in [3.8, 4) is 23.0 Å². The van der Waals surface area contributed by atoms with Gasteiger partial charge < -0.3 is 29.4 Å². The Morgan fingerprint density at radius 3 is 2.29 bits per heavy atom. The topological polar surface area (TPSA) is 86.3 Å². The van der Waals surface area contributed by atoms with E-state index in [-0.39, 0.29) is 24.8 Å². The molecule has 194 valence electrons. The van der Waals surface area contributed by atoms with E-state index in [1.165, 1.54) is 32.1 Å². The number of aryl methyl sites for hydroxylation is 1. The molecule has 3 rings (SSSR count). The van der Waals surface area contributed by atoms with E-state index < -0.39 is 6.10 Å². The molecule has 1 unspecified atom stereocenters. The number of rotatable bonds is 13. The Hall–Kier alpha value is -2.48. The lowest BCUT2D eigenvalue weighted by Crippen LogP contribution is -2.39. The van der Waals surface area contributed by atoms with Crippen LogP contribution in [0.4, 0.5) is 0 Å². The van der Waals surface area contributed by atoms with Gasteiger partial charge in [-0.15, -0.1) is 12.4 Å². The van der Waals surface area contributed by atoms with Crippen LogP contribution in [0.1, 0.15) is 54.4 Å². The quantitative estimate of drug-likeness (QED) is 0.383. The molecule has 0 aromatic heterocycles. The van der Waals surface area contributed by atoms with Crippen molar-refractivity contribution in [2.45, 2.75) is 57.1 Å². The molecule has 1 aliphatic rings. The fraction of sp³-hybridized carbons (Fsp3) is 0.519. The van der Waals surface area contributed by atoms with E-state index in [2.05, 4.69) is 5.32 Å². The largest absolute Gasteiger partial charge is 0.493 e. The van der Waals surface area contributed by atoms with Gasteiger partial charge in [0.2, 0.25) is 0 Å². The first-order chi connectivity index (χ1) is 16.5. The number of aliphatic hydroxyl groups excluding tert-OH is 1. The predicted molar refractivity (Wildman–Crippen MR) is 139 cm³/mol. The zero-order valence-electron chi connectivity index (χ0n) is 20.9. The minimum atomic E-state index is -0.609. The maximum absolute atomic E-state index is 12.7. The van der Waals surface area contributed by atoms with E-state index in [4.69, 9.17) is 18.9 Å². The molecule has 2 aromatic carbocycles. The lowest BCUT2D eigenvalue weighted by Gasteiger charge is -2.24. The summed E-state index contributed by atoms with van der Waals surface area (Å²) in [6.45, 7) is 0.677. The highest BCUT2D eigenvalue weighted by Crippen LogP contribution is 2.30. The molecular formula is C27H38ClNO6. The molecule has 0 spiro atoms. The van der Waals surface area contributed by atoms with Crippen LogP contribution in [-0.4, -0.2) is 57.5 Å². The summed E-state index contributed by atoms with van der Waals surface area (Å²) in [6, 6.07) is 11.3. The summed E-state index contributed by atoms with van der Waals surface area (Å²) in [5.41, 5.74) is 1.54. The third kappa shape index (κ3) is 8.60. The van der Waals surface area contributed by atoms with E-state index in [0.717, 1.165) is 5.56 Å². The number of methoxy groups -OCH3 is 3. The molecule has 0 saturated heterocycles. The lowest BCUT2D eigenvalue weighted by molar-refractivity contribution is 0.0982. The normalized spacial score (nSPS) is 14.5. The van der Waals surface area contributed by atoms with Crippen LogP contribution in [0, 0.1) is 0 Å². The number of carbonyl (C=O) groups excluding carboxylic acids is 1. The fourth-order valence-corrected chi connectivity index (χ4v) is 4.26. The molecule has 1 atom stereocenters. The molecule has 0 heterocycles. The van der Waals surface area contributed by atoms with Gasteiger partial charge in [-0.05, 0) is 55.2 Å². The van der Waals surface area contributed by atoms with Gasteiger partial charge in [0.15, 0.2) is 28.8 Å². The SMILES string of the molecule is COc1ccc(C(=O)CCc2ccc(OC)c(OCC(O)CNC3CCCCC3)c2)cc1OC.Cl. The number of Topliss-reactive ketones (excluding diaryl/α,β-unsaturated/α-hetero) is 1.